The van der Waals surface area contributed by atoms with Gasteiger partial charge in [0.25, 0.3) is 0 Å². The molecule has 108 valence electrons. The average Bonchev–Trinajstić information content (AvgIpc) is 2.28. The normalized spacial score (nSPS) is 15.1. The number of hydrogen-bond acceptors (Lipinski definition) is 0. The highest BCUT2D eigenvalue weighted by molar-refractivity contribution is 8.33. The molecule has 0 aliphatic carbocycles. The summed E-state index contributed by atoms with van der Waals surface area (Å²) in [6.45, 7) is 10.3. The van der Waals surface area contributed by atoms with Gasteiger partial charge < -0.3 is 0 Å². The lowest BCUT2D eigenvalue weighted by molar-refractivity contribution is 0.581. The van der Waals surface area contributed by atoms with Gasteiger partial charge in [0.05, 0.1) is 0 Å². The standard InChI is InChI=1S/C16H24F2S/c1-7-8-15(19(5,6)16(2,3)4)13-11-12(17)9-10-14(13)18/h7,9-11,15H,1,8H2,2-6H3. The maximum Gasteiger partial charge on any atom is 0.127 e. The fourth-order valence-corrected chi connectivity index (χ4v) is 4.31. The Bertz CT molecular complexity index is 458. The van der Waals surface area contributed by atoms with Gasteiger partial charge in [-0.05, 0) is 41.9 Å². The van der Waals surface area contributed by atoms with Crippen LogP contribution in [0.25, 0.3) is 0 Å². The van der Waals surface area contributed by atoms with E-state index in [4.69, 9.17) is 0 Å². The predicted octanol–water partition coefficient (Wildman–Crippen LogP) is 5.44. The van der Waals surface area contributed by atoms with E-state index in [1.807, 2.05) is 0 Å². The molecule has 1 aromatic carbocycles. The largest absolute Gasteiger partial charge is 0.235 e. The molecule has 0 fully saturated rings. The molecule has 1 aromatic rings. The van der Waals surface area contributed by atoms with Crippen LogP contribution in [-0.4, -0.2) is 17.3 Å². The maximum absolute atomic E-state index is 14.1. The van der Waals surface area contributed by atoms with Crippen LogP contribution in [0.2, 0.25) is 0 Å². The molecule has 0 saturated carbocycles. The molecule has 0 saturated heterocycles. The van der Waals surface area contributed by atoms with Gasteiger partial charge in [-0.25, -0.2) is 18.8 Å². The quantitative estimate of drug-likeness (QED) is 0.646. The molecular formula is C16H24F2S. The molecule has 1 unspecified atom stereocenters. The van der Waals surface area contributed by atoms with Gasteiger partial charge in [0.2, 0.25) is 0 Å². The summed E-state index contributed by atoms with van der Waals surface area (Å²) in [6.07, 6.45) is 6.84. The average molecular weight is 286 g/mol. The SMILES string of the molecule is C=CCC(c1cc(F)ccc1F)S(C)(C)C(C)(C)C. The molecule has 0 N–H and O–H groups in total. The summed E-state index contributed by atoms with van der Waals surface area (Å²) < 4.78 is 27.6. The molecule has 0 aliphatic rings. The van der Waals surface area contributed by atoms with E-state index in [1.165, 1.54) is 18.2 Å². The molecule has 0 heterocycles. The van der Waals surface area contributed by atoms with Gasteiger partial charge in [0, 0.05) is 10.8 Å². The summed E-state index contributed by atoms with van der Waals surface area (Å²) in [4.78, 5) is 0. The molecule has 1 rings (SSSR count). The van der Waals surface area contributed by atoms with Crippen molar-refractivity contribution in [3.63, 3.8) is 0 Å². The van der Waals surface area contributed by atoms with Crippen LogP contribution in [-0.2, 0) is 0 Å². The van der Waals surface area contributed by atoms with E-state index in [0.717, 1.165) is 0 Å². The van der Waals surface area contributed by atoms with Crippen LogP contribution in [0.1, 0.15) is 38.0 Å². The van der Waals surface area contributed by atoms with Crippen molar-refractivity contribution in [3.8, 4) is 0 Å². The Kier molecular flexibility index (Phi) is 4.83. The molecule has 1 atom stereocenters. The summed E-state index contributed by atoms with van der Waals surface area (Å²) in [6, 6.07) is 3.73. The Morgan fingerprint density at radius 1 is 1.26 bits per heavy atom. The van der Waals surface area contributed by atoms with Gasteiger partial charge in [-0.1, -0.05) is 26.8 Å². The lowest BCUT2D eigenvalue weighted by atomic mass is 10.1. The molecule has 3 heteroatoms. The molecule has 0 spiro atoms. The van der Waals surface area contributed by atoms with E-state index in [0.29, 0.717) is 12.0 Å². The van der Waals surface area contributed by atoms with Crippen molar-refractivity contribution in [1.29, 1.82) is 0 Å². The summed E-state index contributed by atoms with van der Waals surface area (Å²) >= 11 is 0. The first-order chi connectivity index (χ1) is 8.61. The molecular weight excluding hydrogens is 262 g/mol. The fourth-order valence-electron chi connectivity index (χ4n) is 2.02. The first-order valence-corrected chi connectivity index (χ1v) is 8.90. The van der Waals surface area contributed by atoms with Gasteiger partial charge in [0.15, 0.2) is 0 Å². The predicted molar refractivity (Wildman–Crippen MR) is 83.1 cm³/mol. The Balaban J connectivity index is 3.36. The van der Waals surface area contributed by atoms with Gasteiger partial charge in [-0.3, -0.25) is 0 Å². The van der Waals surface area contributed by atoms with Gasteiger partial charge >= 0.3 is 0 Å². The van der Waals surface area contributed by atoms with Crippen molar-refractivity contribution >= 4 is 10.0 Å². The van der Waals surface area contributed by atoms with Crippen LogP contribution in [0.5, 0.6) is 0 Å². The highest BCUT2D eigenvalue weighted by Gasteiger charge is 2.36. The van der Waals surface area contributed by atoms with Crippen LogP contribution in [0.15, 0.2) is 30.9 Å². The van der Waals surface area contributed by atoms with Crippen molar-refractivity contribution in [2.45, 2.75) is 37.2 Å². The fraction of sp³-hybridized carbons (Fsp3) is 0.500. The smallest absolute Gasteiger partial charge is 0.127 e. The highest BCUT2D eigenvalue weighted by Crippen LogP contribution is 2.64. The van der Waals surface area contributed by atoms with Gasteiger partial charge in [0.1, 0.15) is 11.6 Å². The maximum atomic E-state index is 14.1. The minimum atomic E-state index is -1.17. The van der Waals surface area contributed by atoms with Crippen LogP contribution in [0.4, 0.5) is 8.78 Å². The third kappa shape index (κ3) is 3.38. The van der Waals surface area contributed by atoms with Crippen molar-refractivity contribution in [2.24, 2.45) is 0 Å². The number of halogens is 2. The summed E-state index contributed by atoms with van der Waals surface area (Å²) in [5, 5.41) is -0.0132. The van der Waals surface area contributed by atoms with E-state index in [2.05, 4.69) is 39.9 Å². The molecule has 0 aliphatic heterocycles. The Labute approximate surface area is 117 Å². The summed E-state index contributed by atoms with van der Waals surface area (Å²) in [5.41, 5.74) is 0.481. The zero-order chi connectivity index (χ0) is 14.8. The molecule has 0 amide bonds. The molecule has 0 nitrogen and oxygen atoms in total. The Hall–Kier alpha value is -0.830. The van der Waals surface area contributed by atoms with E-state index < -0.39 is 10.0 Å². The van der Waals surface area contributed by atoms with E-state index in [-0.39, 0.29) is 21.6 Å². The second kappa shape index (κ2) is 5.66. The lowest BCUT2D eigenvalue weighted by Crippen LogP contribution is -2.28. The van der Waals surface area contributed by atoms with E-state index >= 15 is 0 Å². The zero-order valence-electron chi connectivity index (χ0n) is 12.5. The van der Waals surface area contributed by atoms with Crippen LogP contribution < -0.4 is 0 Å². The van der Waals surface area contributed by atoms with Crippen molar-refractivity contribution < 1.29 is 8.78 Å². The first kappa shape index (κ1) is 16.2. The minimum Gasteiger partial charge on any atom is -0.235 e. The number of hydrogen-bond donors (Lipinski definition) is 0. The second-order valence-corrected chi connectivity index (χ2v) is 10.8. The molecule has 0 radical (unpaired) electrons. The number of allylic oxidation sites excluding steroid dienone is 1. The molecule has 0 bridgehead atoms. The Morgan fingerprint density at radius 2 is 1.84 bits per heavy atom. The first-order valence-electron chi connectivity index (χ1n) is 6.39. The van der Waals surface area contributed by atoms with Crippen LogP contribution in [0, 0.1) is 11.6 Å². The topological polar surface area (TPSA) is 0 Å². The third-order valence-corrected chi connectivity index (χ3v) is 9.00. The van der Waals surface area contributed by atoms with Crippen molar-refractivity contribution in [2.75, 3.05) is 12.5 Å². The second-order valence-electron chi connectivity index (χ2n) is 6.20. The van der Waals surface area contributed by atoms with E-state index in [1.54, 1.807) is 6.08 Å². The molecule has 19 heavy (non-hydrogen) atoms. The zero-order valence-corrected chi connectivity index (χ0v) is 13.3. The molecule has 0 aromatic heterocycles. The van der Waals surface area contributed by atoms with E-state index in [9.17, 15) is 8.78 Å². The van der Waals surface area contributed by atoms with Crippen molar-refractivity contribution in [3.05, 3.63) is 48.1 Å². The monoisotopic (exact) mass is 286 g/mol. The van der Waals surface area contributed by atoms with Gasteiger partial charge in [-0.2, -0.15) is 0 Å². The minimum absolute atomic E-state index is 0.0132. The summed E-state index contributed by atoms with van der Waals surface area (Å²) in [7, 11) is -1.17. The van der Waals surface area contributed by atoms with Crippen molar-refractivity contribution in [1.82, 2.24) is 0 Å². The summed E-state index contributed by atoms with van der Waals surface area (Å²) in [5.74, 6) is -0.701. The van der Waals surface area contributed by atoms with Crippen LogP contribution >= 0.6 is 10.0 Å². The Morgan fingerprint density at radius 3 is 2.32 bits per heavy atom. The van der Waals surface area contributed by atoms with Gasteiger partial charge in [-0.15, -0.1) is 6.58 Å². The highest BCUT2D eigenvalue weighted by atomic mass is 32.3. The number of rotatable bonds is 4. The van der Waals surface area contributed by atoms with Crippen LogP contribution in [0.3, 0.4) is 0 Å². The third-order valence-electron chi connectivity index (χ3n) is 3.98. The lowest BCUT2D eigenvalue weighted by Gasteiger charge is -2.50. The number of benzene rings is 1.